The Labute approximate surface area is 210 Å². The number of ether oxygens (including phenoxy) is 1. The molecule has 6 N–H and O–H groups in total. The van der Waals surface area contributed by atoms with Gasteiger partial charge in [-0.05, 0) is 49.7 Å². The zero-order valence-corrected chi connectivity index (χ0v) is 21.0. The minimum Gasteiger partial charge on any atom is -0.377 e. The Morgan fingerprint density at radius 1 is 1.06 bits per heavy atom. The lowest BCUT2D eigenvalue weighted by molar-refractivity contribution is 0.0293. The van der Waals surface area contributed by atoms with Gasteiger partial charge < -0.3 is 20.6 Å². The fraction of sp³-hybridized carbons (Fsp3) is 0.269. The van der Waals surface area contributed by atoms with Crippen LogP contribution in [0.4, 0.5) is 5.69 Å². The quantitative estimate of drug-likeness (QED) is 0.195. The molecule has 0 radical (unpaired) electrons. The first-order valence-electron chi connectivity index (χ1n) is 11.5. The Morgan fingerprint density at radius 3 is 2.39 bits per heavy atom. The van der Waals surface area contributed by atoms with Gasteiger partial charge in [-0.2, -0.15) is 0 Å². The normalized spacial score (nSPS) is 14.0. The number of aromatic amines is 1. The Morgan fingerprint density at radius 2 is 1.72 bits per heavy atom. The van der Waals surface area contributed by atoms with Crippen LogP contribution in [0.2, 0.25) is 0 Å². The molecule has 0 saturated carbocycles. The van der Waals surface area contributed by atoms with Crippen molar-refractivity contribution in [3.63, 3.8) is 0 Å². The number of benzene rings is 3. The van der Waals surface area contributed by atoms with Gasteiger partial charge in [-0.25, -0.2) is 13.4 Å². The highest BCUT2D eigenvalue weighted by Crippen LogP contribution is 2.23. The van der Waals surface area contributed by atoms with Gasteiger partial charge in [-0.1, -0.05) is 48.5 Å². The summed E-state index contributed by atoms with van der Waals surface area (Å²) in [5.41, 5.74) is 7.88. The van der Waals surface area contributed by atoms with Gasteiger partial charge in [0, 0.05) is 5.54 Å². The molecule has 10 heteroatoms. The molecule has 1 aromatic heterocycles. The number of aliphatic hydroxyl groups excluding tert-OH is 1. The number of hydrogen-bond acceptors (Lipinski definition) is 7. The van der Waals surface area contributed by atoms with Crippen LogP contribution in [0.25, 0.3) is 11.0 Å². The molecular weight excluding hydrogens is 478 g/mol. The van der Waals surface area contributed by atoms with E-state index < -0.39 is 27.8 Å². The summed E-state index contributed by atoms with van der Waals surface area (Å²) in [5, 5.41) is 13.7. The molecule has 0 fully saturated rings. The molecule has 0 spiro atoms. The van der Waals surface area contributed by atoms with Crippen LogP contribution in [0, 0.1) is 0 Å². The van der Waals surface area contributed by atoms with Gasteiger partial charge in [0.1, 0.15) is 12.1 Å². The van der Waals surface area contributed by atoms with E-state index in [4.69, 9.17) is 10.5 Å². The van der Waals surface area contributed by atoms with Crippen molar-refractivity contribution in [2.45, 2.75) is 43.2 Å². The molecule has 9 nitrogen and oxygen atoms in total. The molecule has 0 aliphatic heterocycles. The minimum absolute atomic E-state index is 0.175. The van der Waals surface area contributed by atoms with Crippen LogP contribution in [-0.4, -0.2) is 41.9 Å². The van der Waals surface area contributed by atoms with Gasteiger partial charge in [0.25, 0.3) is 10.0 Å². The molecule has 0 aliphatic carbocycles. The molecule has 4 rings (SSSR count). The number of nitrogens with one attached hydrogen (secondary N) is 3. The second-order valence-electron chi connectivity index (χ2n) is 9.22. The second kappa shape index (κ2) is 10.8. The van der Waals surface area contributed by atoms with Crippen LogP contribution < -0.4 is 15.8 Å². The predicted octanol–water partition coefficient (Wildman–Crippen LogP) is 3.27. The van der Waals surface area contributed by atoms with E-state index >= 15 is 0 Å². The molecule has 0 bridgehead atoms. The highest BCUT2D eigenvalue weighted by Gasteiger charge is 2.27. The smallest absolute Gasteiger partial charge is 0.261 e. The maximum atomic E-state index is 12.7. The molecule has 2 atom stereocenters. The van der Waals surface area contributed by atoms with Gasteiger partial charge >= 0.3 is 0 Å². The molecular formula is C26H31N5O4S. The standard InChI is InChI=1S/C26H31N5O4S/c1-26(2,27)25(32)30-23(17-35-16-18-9-5-3-6-10-18)24-28-21-14-13-19(15-22(21)29-24)31-36(33,34)20-11-7-4-8-12-20/h3-15,23,25,30-32H,16-17,27H2,1-2H3,(H,28,29)/t23-,25-/m1/s1. The van der Waals surface area contributed by atoms with Gasteiger partial charge in [0.15, 0.2) is 0 Å². The van der Waals surface area contributed by atoms with Crippen LogP contribution in [0.15, 0.2) is 83.8 Å². The topological polar surface area (TPSA) is 142 Å². The third kappa shape index (κ3) is 6.48. The Hall–Kier alpha value is -3.28. The molecule has 0 aliphatic rings. The molecule has 0 unspecified atom stereocenters. The number of nitrogens with two attached hydrogens (primary N) is 1. The van der Waals surface area contributed by atoms with Crippen molar-refractivity contribution in [1.29, 1.82) is 0 Å². The molecule has 3 aromatic carbocycles. The van der Waals surface area contributed by atoms with Crippen molar-refractivity contribution < 1.29 is 18.3 Å². The monoisotopic (exact) mass is 509 g/mol. The number of fused-ring (bicyclic) bond motifs is 1. The predicted molar refractivity (Wildman–Crippen MR) is 140 cm³/mol. The number of imidazole rings is 1. The van der Waals surface area contributed by atoms with Crippen LogP contribution >= 0.6 is 0 Å². The number of nitrogens with zero attached hydrogens (tertiary/aromatic N) is 1. The third-order valence-electron chi connectivity index (χ3n) is 5.60. The molecule has 0 amide bonds. The van der Waals surface area contributed by atoms with Crippen molar-refractivity contribution in [2.24, 2.45) is 5.73 Å². The average Bonchev–Trinajstić information content (AvgIpc) is 3.27. The first kappa shape index (κ1) is 25.8. The third-order valence-corrected chi connectivity index (χ3v) is 6.99. The van der Waals surface area contributed by atoms with E-state index in [0.29, 0.717) is 29.2 Å². The lowest BCUT2D eigenvalue weighted by atomic mass is 10.0. The Balaban J connectivity index is 1.55. The van der Waals surface area contributed by atoms with Crippen LogP contribution in [0.3, 0.4) is 0 Å². The van der Waals surface area contributed by atoms with Crippen molar-refractivity contribution in [2.75, 3.05) is 11.3 Å². The number of anilines is 1. The van der Waals surface area contributed by atoms with E-state index in [1.807, 2.05) is 30.3 Å². The molecule has 0 saturated heterocycles. The van der Waals surface area contributed by atoms with E-state index in [0.717, 1.165) is 5.56 Å². The second-order valence-corrected chi connectivity index (χ2v) is 10.9. The van der Waals surface area contributed by atoms with Crippen LogP contribution in [0.1, 0.15) is 31.3 Å². The highest BCUT2D eigenvalue weighted by molar-refractivity contribution is 7.92. The fourth-order valence-electron chi connectivity index (χ4n) is 3.55. The summed E-state index contributed by atoms with van der Waals surface area (Å²) in [5.74, 6) is 0.532. The summed E-state index contributed by atoms with van der Waals surface area (Å²) in [4.78, 5) is 8.04. The lowest BCUT2D eigenvalue weighted by Crippen LogP contribution is -2.54. The maximum Gasteiger partial charge on any atom is 0.261 e. The molecule has 190 valence electrons. The fourth-order valence-corrected chi connectivity index (χ4v) is 4.62. The van der Waals surface area contributed by atoms with Crippen LogP contribution in [0.5, 0.6) is 0 Å². The average molecular weight is 510 g/mol. The maximum absolute atomic E-state index is 12.7. The van der Waals surface area contributed by atoms with E-state index in [2.05, 4.69) is 20.0 Å². The zero-order chi connectivity index (χ0) is 25.8. The Kier molecular flexibility index (Phi) is 7.72. The number of aromatic nitrogens is 2. The van der Waals surface area contributed by atoms with Crippen molar-refractivity contribution in [3.8, 4) is 0 Å². The minimum atomic E-state index is -3.73. The zero-order valence-electron chi connectivity index (χ0n) is 20.2. The number of aliphatic hydroxyl groups is 1. The summed E-state index contributed by atoms with van der Waals surface area (Å²) < 4.78 is 33.9. The first-order valence-corrected chi connectivity index (χ1v) is 13.0. The largest absolute Gasteiger partial charge is 0.377 e. The molecule has 1 heterocycles. The van der Waals surface area contributed by atoms with Crippen molar-refractivity contribution in [1.82, 2.24) is 15.3 Å². The highest BCUT2D eigenvalue weighted by atomic mass is 32.2. The number of hydrogen-bond donors (Lipinski definition) is 5. The van der Waals surface area contributed by atoms with Gasteiger partial charge in [0.05, 0.1) is 40.9 Å². The van der Waals surface area contributed by atoms with E-state index in [1.54, 1.807) is 50.2 Å². The summed E-state index contributed by atoms with van der Waals surface area (Å²) in [7, 11) is -3.73. The summed E-state index contributed by atoms with van der Waals surface area (Å²) in [6.07, 6.45) is -1.02. The van der Waals surface area contributed by atoms with Gasteiger partial charge in [-0.3, -0.25) is 10.0 Å². The van der Waals surface area contributed by atoms with E-state index in [1.165, 1.54) is 12.1 Å². The number of H-pyrrole nitrogens is 1. The molecule has 4 aromatic rings. The summed E-state index contributed by atoms with van der Waals surface area (Å²) in [6.45, 7) is 4.05. The van der Waals surface area contributed by atoms with Crippen LogP contribution in [-0.2, 0) is 21.4 Å². The lowest BCUT2D eigenvalue weighted by Gasteiger charge is -2.30. The van der Waals surface area contributed by atoms with E-state index in [9.17, 15) is 13.5 Å². The first-order chi connectivity index (χ1) is 17.1. The van der Waals surface area contributed by atoms with Gasteiger partial charge in [-0.15, -0.1) is 0 Å². The number of sulfonamides is 1. The summed E-state index contributed by atoms with van der Waals surface area (Å²) >= 11 is 0. The number of rotatable bonds is 11. The van der Waals surface area contributed by atoms with E-state index in [-0.39, 0.29) is 11.5 Å². The molecule has 36 heavy (non-hydrogen) atoms. The Bertz CT molecular complexity index is 1390. The summed E-state index contributed by atoms with van der Waals surface area (Å²) in [6, 6.07) is 22.5. The van der Waals surface area contributed by atoms with Gasteiger partial charge in [0.2, 0.25) is 0 Å². The van der Waals surface area contributed by atoms with Crippen molar-refractivity contribution >= 4 is 26.7 Å². The van der Waals surface area contributed by atoms with Crippen molar-refractivity contribution in [3.05, 3.63) is 90.3 Å². The SMILES string of the molecule is CC(C)(N)[C@@H](O)N[C@H](COCc1ccccc1)c1nc2ccc(NS(=O)(=O)c3ccccc3)cc2[nH]1.